The van der Waals surface area contributed by atoms with E-state index in [1.165, 1.54) is 0 Å². The first-order valence-corrected chi connectivity index (χ1v) is 7.66. The molecule has 0 aromatic carbocycles. The Labute approximate surface area is 133 Å². The average Bonchev–Trinajstić information content (AvgIpc) is 2.41. The van der Waals surface area contributed by atoms with Crippen LogP contribution in [0.5, 0.6) is 0 Å². The Balaban J connectivity index is 4.91. The number of amides is 2. The molecule has 0 aliphatic carbocycles. The molecule has 0 bridgehead atoms. The van der Waals surface area contributed by atoms with Gasteiger partial charge in [0.2, 0.25) is 11.8 Å². The molecule has 0 aromatic heterocycles. The quantitative estimate of drug-likeness (QED) is 0.378. The lowest BCUT2D eigenvalue weighted by atomic mass is 9.85. The van der Waals surface area contributed by atoms with E-state index in [9.17, 15) is 9.59 Å². The summed E-state index contributed by atoms with van der Waals surface area (Å²) < 4.78 is 0. The summed E-state index contributed by atoms with van der Waals surface area (Å²) in [5, 5.41) is 13.9. The van der Waals surface area contributed by atoms with E-state index in [1.54, 1.807) is 12.7 Å². The molecule has 0 heterocycles. The molecule has 0 rings (SSSR count). The summed E-state index contributed by atoms with van der Waals surface area (Å²) in [6.07, 6.45) is 1.15. The summed E-state index contributed by atoms with van der Waals surface area (Å²) in [6.45, 7) is 9.99. The molecule has 0 aromatic rings. The Morgan fingerprint density at radius 3 is 2.18 bits per heavy atom. The molecule has 7 heteroatoms. The van der Waals surface area contributed by atoms with E-state index >= 15 is 0 Å². The molecule has 130 valence electrons. The van der Waals surface area contributed by atoms with Crippen LogP contribution in [0.25, 0.3) is 0 Å². The van der Waals surface area contributed by atoms with Crippen LogP contribution in [0.2, 0.25) is 0 Å². The van der Waals surface area contributed by atoms with Crippen LogP contribution in [-0.4, -0.2) is 36.7 Å². The maximum absolute atomic E-state index is 12.5. The van der Waals surface area contributed by atoms with Gasteiger partial charge in [-0.25, -0.2) is 0 Å². The third-order valence-electron chi connectivity index (χ3n) is 3.42. The van der Waals surface area contributed by atoms with Gasteiger partial charge in [0, 0.05) is 13.0 Å². The van der Waals surface area contributed by atoms with Gasteiger partial charge in [-0.3, -0.25) is 19.6 Å². The van der Waals surface area contributed by atoms with Crippen LogP contribution in [0.1, 0.15) is 47.5 Å². The van der Waals surface area contributed by atoms with Crippen LogP contribution in [0.4, 0.5) is 0 Å². The Morgan fingerprint density at radius 2 is 1.77 bits per heavy atom. The Bertz CT molecular complexity index is 353. The molecule has 22 heavy (non-hydrogen) atoms. The second-order valence-corrected chi connectivity index (χ2v) is 6.98. The smallest absolute Gasteiger partial charge is 0.242 e. The summed E-state index contributed by atoms with van der Waals surface area (Å²) in [6, 6.07) is -0.600. The van der Waals surface area contributed by atoms with Crippen LogP contribution in [0, 0.1) is 17.3 Å². The summed E-state index contributed by atoms with van der Waals surface area (Å²) in [5.41, 5.74) is 1.22. The molecule has 2 unspecified atom stereocenters. The van der Waals surface area contributed by atoms with E-state index < -0.39 is 6.04 Å². The molecule has 2 amide bonds. The van der Waals surface area contributed by atoms with E-state index in [2.05, 4.69) is 15.5 Å². The number of carbonyl (C=O) groups is 2. The lowest BCUT2D eigenvalue weighted by molar-refractivity contribution is -0.139. The minimum atomic E-state index is -0.600. The highest BCUT2D eigenvalue weighted by Crippen LogP contribution is 2.22. The standard InChI is InChI=1S/C15H31N3O4/c1-10(2)9-11(7-8-22-18-21)13(19)17-12(14(20)16-6)15(3,4)5/h10-12,18,21H,7-9H2,1-6H3,(H,16,20)(H,17,19). The molecule has 0 spiro atoms. The predicted octanol–water partition coefficient (Wildman–Crippen LogP) is 1.23. The molecular weight excluding hydrogens is 286 g/mol. The highest BCUT2D eigenvalue weighted by molar-refractivity contribution is 5.88. The van der Waals surface area contributed by atoms with Crippen molar-refractivity contribution in [1.82, 2.24) is 16.3 Å². The van der Waals surface area contributed by atoms with Crippen molar-refractivity contribution >= 4 is 11.8 Å². The van der Waals surface area contributed by atoms with E-state index in [-0.39, 0.29) is 29.8 Å². The maximum Gasteiger partial charge on any atom is 0.242 e. The van der Waals surface area contributed by atoms with Gasteiger partial charge >= 0.3 is 0 Å². The first-order chi connectivity index (χ1) is 10.1. The van der Waals surface area contributed by atoms with E-state index in [0.29, 0.717) is 18.8 Å². The van der Waals surface area contributed by atoms with Crippen molar-refractivity contribution < 1.29 is 19.6 Å². The van der Waals surface area contributed by atoms with Crippen molar-refractivity contribution in [1.29, 1.82) is 0 Å². The molecular formula is C15H31N3O4. The first kappa shape index (κ1) is 20.8. The number of hydrogen-bond donors (Lipinski definition) is 4. The van der Waals surface area contributed by atoms with Crippen molar-refractivity contribution in [3.05, 3.63) is 0 Å². The van der Waals surface area contributed by atoms with E-state index in [1.807, 2.05) is 34.6 Å². The van der Waals surface area contributed by atoms with Gasteiger partial charge in [0.1, 0.15) is 6.04 Å². The minimum absolute atomic E-state index is 0.168. The SMILES string of the molecule is CNC(=O)C(NC(=O)C(CCONO)CC(C)C)C(C)(C)C. The highest BCUT2D eigenvalue weighted by atomic mass is 16.8. The van der Waals surface area contributed by atoms with Crippen molar-refractivity contribution in [2.75, 3.05) is 13.7 Å². The van der Waals surface area contributed by atoms with Crippen LogP contribution in [0.3, 0.4) is 0 Å². The number of hydrogen-bond acceptors (Lipinski definition) is 5. The zero-order chi connectivity index (χ0) is 17.3. The van der Waals surface area contributed by atoms with E-state index in [0.717, 1.165) is 0 Å². The fourth-order valence-corrected chi connectivity index (χ4v) is 2.25. The minimum Gasteiger partial charge on any atom is -0.357 e. The van der Waals surface area contributed by atoms with Crippen molar-refractivity contribution in [2.24, 2.45) is 17.3 Å². The number of nitrogens with one attached hydrogen (secondary N) is 3. The summed E-state index contributed by atoms with van der Waals surface area (Å²) >= 11 is 0. The van der Waals surface area contributed by atoms with Crippen molar-refractivity contribution in [3.63, 3.8) is 0 Å². The lowest BCUT2D eigenvalue weighted by Crippen LogP contribution is -2.54. The topological polar surface area (TPSA) is 99.7 Å². The summed E-state index contributed by atoms with van der Waals surface area (Å²) in [4.78, 5) is 29.2. The molecule has 0 saturated heterocycles. The third kappa shape index (κ3) is 7.72. The number of carbonyl (C=O) groups excluding carboxylic acids is 2. The molecule has 0 fully saturated rings. The van der Waals surface area contributed by atoms with Crippen LogP contribution >= 0.6 is 0 Å². The number of rotatable bonds is 9. The maximum atomic E-state index is 12.5. The van der Waals surface area contributed by atoms with Gasteiger partial charge in [-0.1, -0.05) is 40.3 Å². The number of likely N-dealkylation sites (N-methyl/N-ethyl adjacent to an activating group) is 1. The second-order valence-electron chi connectivity index (χ2n) is 6.98. The highest BCUT2D eigenvalue weighted by Gasteiger charge is 2.33. The largest absolute Gasteiger partial charge is 0.357 e. The molecule has 7 nitrogen and oxygen atoms in total. The lowest BCUT2D eigenvalue weighted by Gasteiger charge is -2.31. The van der Waals surface area contributed by atoms with Crippen molar-refractivity contribution in [2.45, 2.75) is 53.5 Å². The van der Waals surface area contributed by atoms with Gasteiger partial charge in [-0.05, 0) is 24.2 Å². The van der Waals surface area contributed by atoms with Gasteiger partial charge < -0.3 is 10.6 Å². The average molecular weight is 317 g/mol. The Morgan fingerprint density at radius 1 is 1.18 bits per heavy atom. The molecule has 0 saturated carbocycles. The van der Waals surface area contributed by atoms with Crippen molar-refractivity contribution in [3.8, 4) is 0 Å². The molecule has 0 aliphatic heterocycles. The zero-order valence-electron chi connectivity index (χ0n) is 14.5. The second kappa shape index (κ2) is 9.76. The Hall–Kier alpha value is -1.18. The molecule has 0 aliphatic rings. The first-order valence-electron chi connectivity index (χ1n) is 7.66. The third-order valence-corrected chi connectivity index (χ3v) is 3.42. The van der Waals surface area contributed by atoms with E-state index in [4.69, 9.17) is 5.21 Å². The zero-order valence-corrected chi connectivity index (χ0v) is 14.5. The fourth-order valence-electron chi connectivity index (χ4n) is 2.25. The van der Waals surface area contributed by atoms with Gasteiger partial charge in [0.15, 0.2) is 0 Å². The predicted molar refractivity (Wildman–Crippen MR) is 83.9 cm³/mol. The van der Waals surface area contributed by atoms with Gasteiger partial charge in [0.05, 0.1) is 6.61 Å². The summed E-state index contributed by atoms with van der Waals surface area (Å²) in [7, 11) is 1.56. The van der Waals surface area contributed by atoms with Gasteiger partial charge in [0.25, 0.3) is 0 Å². The normalized spacial score (nSPS) is 14.5. The molecule has 2 atom stereocenters. The van der Waals surface area contributed by atoms with Crippen LogP contribution < -0.4 is 16.3 Å². The van der Waals surface area contributed by atoms with Gasteiger partial charge in [-0.15, -0.1) is 0 Å². The summed E-state index contributed by atoms with van der Waals surface area (Å²) in [5.74, 6) is -0.315. The van der Waals surface area contributed by atoms with Gasteiger partial charge in [-0.2, -0.15) is 0 Å². The molecule has 4 N–H and O–H groups in total. The van der Waals surface area contributed by atoms with Crippen LogP contribution in [0.15, 0.2) is 0 Å². The Kier molecular flexibility index (Phi) is 9.24. The van der Waals surface area contributed by atoms with Crippen LogP contribution in [-0.2, 0) is 14.4 Å². The monoisotopic (exact) mass is 317 g/mol. The fraction of sp³-hybridized carbons (Fsp3) is 0.867. The molecule has 0 radical (unpaired) electrons.